The van der Waals surface area contributed by atoms with Crippen LogP contribution in [-0.4, -0.2) is 24.3 Å². The molecule has 0 fully saturated rings. The molecule has 35 heavy (non-hydrogen) atoms. The third-order valence-electron chi connectivity index (χ3n) is 6.12. The maximum Gasteiger partial charge on any atom is 0.263 e. The monoisotopic (exact) mass is 484 g/mol. The van der Waals surface area contributed by atoms with Crippen molar-refractivity contribution in [1.82, 2.24) is 24.3 Å². The predicted octanol–water partition coefficient (Wildman–Crippen LogP) is 5.57. The van der Waals surface area contributed by atoms with Crippen LogP contribution in [0.3, 0.4) is 0 Å². The molecule has 0 saturated carbocycles. The van der Waals surface area contributed by atoms with Gasteiger partial charge in [-0.1, -0.05) is 43.3 Å². The van der Waals surface area contributed by atoms with E-state index >= 15 is 0 Å². The van der Waals surface area contributed by atoms with Crippen LogP contribution in [0.2, 0.25) is 5.28 Å². The van der Waals surface area contributed by atoms with Gasteiger partial charge in [-0.2, -0.15) is 5.10 Å². The summed E-state index contributed by atoms with van der Waals surface area (Å²) in [6.45, 7) is 4.05. The molecule has 5 aromatic rings. The Labute approximate surface area is 208 Å². The second-order valence-corrected chi connectivity index (χ2v) is 8.79. The van der Waals surface area contributed by atoms with Crippen molar-refractivity contribution in [3.63, 3.8) is 0 Å². The first-order valence-corrected chi connectivity index (χ1v) is 11.8. The first-order valence-electron chi connectivity index (χ1n) is 11.5. The molecule has 7 nitrogen and oxygen atoms in total. The average Bonchev–Trinajstić information content (AvgIpc) is 3.30. The van der Waals surface area contributed by atoms with Crippen molar-refractivity contribution in [3.05, 3.63) is 100 Å². The van der Waals surface area contributed by atoms with Gasteiger partial charge in [0.25, 0.3) is 5.56 Å². The highest BCUT2D eigenvalue weighted by Crippen LogP contribution is 2.30. The molecule has 1 atom stereocenters. The standard InChI is InChI=1S/C27H25ClN6O/c1-4-18-14-29-27(28)32-25(18)31-17(2)23-13-19-9-8-12-22(20-15-30-33(3)16-20)24(19)26(35)34(23)21-10-6-5-7-11-21/h5-17H,4H2,1-3H3,(H,29,31,32). The van der Waals surface area contributed by atoms with E-state index in [0.29, 0.717) is 11.2 Å². The van der Waals surface area contributed by atoms with Crippen molar-refractivity contribution >= 4 is 28.2 Å². The summed E-state index contributed by atoms with van der Waals surface area (Å²) in [4.78, 5) is 22.6. The first kappa shape index (κ1) is 22.8. The summed E-state index contributed by atoms with van der Waals surface area (Å²) in [6, 6.07) is 17.4. The smallest absolute Gasteiger partial charge is 0.263 e. The van der Waals surface area contributed by atoms with Gasteiger partial charge in [0.15, 0.2) is 0 Å². The topological polar surface area (TPSA) is 77.6 Å². The van der Waals surface area contributed by atoms with Crippen LogP contribution >= 0.6 is 11.6 Å². The summed E-state index contributed by atoms with van der Waals surface area (Å²) in [6.07, 6.45) is 6.19. The van der Waals surface area contributed by atoms with Crippen molar-refractivity contribution in [2.75, 3.05) is 5.32 Å². The number of rotatable bonds is 6. The lowest BCUT2D eigenvalue weighted by Crippen LogP contribution is -2.26. The fourth-order valence-electron chi connectivity index (χ4n) is 4.39. The molecule has 1 unspecified atom stereocenters. The molecule has 8 heteroatoms. The quantitative estimate of drug-likeness (QED) is 0.319. The number of aromatic nitrogens is 5. The minimum atomic E-state index is -0.245. The van der Waals surface area contributed by atoms with E-state index < -0.39 is 0 Å². The summed E-state index contributed by atoms with van der Waals surface area (Å²) < 4.78 is 3.51. The summed E-state index contributed by atoms with van der Waals surface area (Å²) >= 11 is 6.09. The highest BCUT2D eigenvalue weighted by Gasteiger charge is 2.20. The van der Waals surface area contributed by atoms with Gasteiger partial charge in [0.2, 0.25) is 5.28 Å². The van der Waals surface area contributed by atoms with Crippen molar-refractivity contribution < 1.29 is 0 Å². The van der Waals surface area contributed by atoms with E-state index in [1.807, 2.05) is 75.6 Å². The number of halogens is 1. The Bertz CT molecular complexity index is 1570. The zero-order valence-corrected chi connectivity index (χ0v) is 20.5. The van der Waals surface area contributed by atoms with E-state index in [0.717, 1.165) is 39.9 Å². The molecule has 1 N–H and O–H groups in total. The molecule has 0 amide bonds. The van der Waals surface area contributed by atoms with E-state index in [2.05, 4.69) is 26.4 Å². The van der Waals surface area contributed by atoms with Gasteiger partial charge in [0.05, 0.1) is 17.6 Å². The highest BCUT2D eigenvalue weighted by molar-refractivity contribution is 6.28. The Hall–Kier alpha value is -3.97. The highest BCUT2D eigenvalue weighted by atomic mass is 35.5. The third-order valence-corrected chi connectivity index (χ3v) is 6.30. The van der Waals surface area contributed by atoms with E-state index in [9.17, 15) is 4.79 Å². The molecular formula is C27H25ClN6O. The van der Waals surface area contributed by atoms with Crippen LogP contribution in [0.4, 0.5) is 5.82 Å². The second kappa shape index (κ2) is 9.35. The molecule has 0 saturated heterocycles. The van der Waals surface area contributed by atoms with E-state index in [-0.39, 0.29) is 16.9 Å². The van der Waals surface area contributed by atoms with E-state index in [4.69, 9.17) is 11.6 Å². The van der Waals surface area contributed by atoms with Gasteiger partial charge in [0, 0.05) is 41.9 Å². The molecule has 0 aliphatic carbocycles. The van der Waals surface area contributed by atoms with Crippen molar-refractivity contribution in [2.24, 2.45) is 7.05 Å². The summed E-state index contributed by atoms with van der Waals surface area (Å²) in [5, 5.41) is 9.46. The van der Waals surface area contributed by atoms with Crippen LogP contribution in [0.1, 0.15) is 31.1 Å². The number of nitrogens with one attached hydrogen (secondary N) is 1. The molecule has 3 aromatic heterocycles. The molecule has 176 valence electrons. The third kappa shape index (κ3) is 4.31. The molecule has 0 radical (unpaired) electrons. The zero-order chi connectivity index (χ0) is 24.5. The fraction of sp³-hybridized carbons (Fsp3) is 0.185. The van der Waals surface area contributed by atoms with Crippen LogP contribution in [-0.2, 0) is 13.5 Å². The lowest BCUT2D eigenvalue weighted by atomic mass is 9.99. The van der Waals surface area contributed by atoms with Crippen LogP contribution in [0.5, 0.6) is 0 Å². The van der Waals surface area contributed by atoms with Gasteiger partial charge in [-0.3, -0.25) is 14.0 Å². The summed E-state index contributed by atoms with van der Waals surface area (Å²) in [7, 11) is 1.87. The Morgan fingerprint density at radius 3 is 2.60 bits per heavy atom. The summed E-state index contributed by atoms with van der Waals surface area (Å²) in [5.41, 5.74) is 4.22. The Balaban J connectivity index is 1.73. The van der Waals surface area contributed by atoms with Gasteiger partial charge in [-0.25, -0.2) is 9.97 Å². The van der Waals surface area contributed by atoms with Gasteiger partial charge >= 0.3 is 0 Å². The minimum Gasteiger partial charge on any atom is -0.362 e. The van der Waals surface area contributed by atoms with Gasteiger partial charge < -0.3 is 5.32 Å². The number of fused-ring (bicyclic) bond motifs is 1. The number of pyridine rings is 1. The van der Waals surface area contributed by atoms with Gasteiger partial charge in [-0.05, 0) is 54.1 Å². The van der Waals surface area contributed by atoms with Crippen LogP contribution in [0, 0.1) is 0 Å². The molecule has 3 heterocycles. The number of anilines is 1. The Morgan fingerprint density at radius 2 is 1.89 bits per heavy atom. The number of hydrogen-bond acceptors (Lipinski definition) is 5. The lowest BCUT2D eigenvalue weighted by molar-refractivity contribution is 0.768. The fourth-order valence-corrected chi connectivity index (χ4v) is 4.53. The molecule has 2 aromatic carbocycles. The average molecular weight is 485 g/mol. The van der Waals surface area contributed by atoms with Crippen molar-refractivity contribution in [3.8, 4) is 16.8 Å². The molecule has 0 aliphatic heterocycles. The largest absolute Gasteiger partial charge is 0.362 e. The minimum absolute atomic E-state index is 0.0896. The van der Waals surface area contributed by atoms with Crippen LogP contribution < -0.4 is 10.9 Å². The van der Waals surface area contributed by atoms with Crippen LogP contribution in [0.15, 0.2) is 78.0 Å². The molecular weight excluding hydrogens is 460 g/mol. The summed E-state index contributed by atoms with van der Waals surface area (Å²) in [5.74, 6) is 0.663. The Morgan fingerprint density at radius 1 is 1.09 bits per heavy atom. The lowest BCUT2D eigenvalue weighted by Gasteiger charge is -2.22. The molecule has 0 spiro atoms. The number of benzene rings is 2. The molecule has 0 aliphatic rings. The normalized spacial score (nSPS) is 12.1. The maximum absolute atomic E-state index is 14.1. The van der Waals surface area contributed by atoms with Gasteiger partial charge in [-0.15, -0.1) is 0 Å². The van der Waals surface area contributed by atoms with Gasteiger partial charge in [0.1, 0.15) is 5.82 Å². The SMILES string of the molecule is CCc1cnc(Cl)nc1NC(C)c1cc2cccc(-c3cnn(C)c3)c2c(=O)n1-c1ccccc1. The van der Waals surface area contributed by atoms with Crippen molar-refractivity contribution in [1.29, 1.82) is 0 Å². The predicted molar refractivity (Wildman–Crippen MR) is 140 cm³/mol. The number of para-hydroxylation sites is 1. The van der Waals surface area contributed by atoms with Crippen LogP contribution in [0.25, 0.3) is 27.6 Å². The van der Waals surface area contributed by atoms with Crippen molar-refractivity contribution in [2.45, 2.75) is 26.3 Å². The zero-order valence-electron chi connectivity index (χ0n) is 19.7. The molecule has 0 bridgehead atoms. The first-order chi connectivity index (χ1) is 17.0. The maximum atomic E-state index is 14.1. The van der Waals surface area contributed by atoms with E-state index in [1.54, 1.807) is 21.6 Å². The van der Waals surface area contributed by atoms with E-state index in [1.165, 1.54) is 0 Å². The Kier molecular flexibility index (Phi) is 6.09. The number of aryl methyl sites for hydroxylation is 2. The number of nitrogens with zero attached hydrogens (tertiary/aromatic N) is 5. The number of hydrogen-bond donors (Lipinski definition) is 1. The molecule has 5 rings (SSSR count). The second-order valence-electron chi connectivity index (χ2n) is 8.45.